The van der Waals surface area contributed by atoms with Crippen molar-refractivity contribution in [3.8, 4) is 0 Å². The molecule has 1 aliphatic heterocycles. The second-order valence-corrected chi connectivity index (χ2v) is 7.59. The molecule has 2 unspecified atom stereocenters. The predicted molar refractivity (Wildman–Crippen MR) is 89.1 cm³/mol. The van der Waals surface area contributed by atoms with Gasteiger partial charge < -0.3 is 5.32 Å². The molecule has 0 bridgehead atoms. The van der Waals surface area contributed by atoms with Gasteiger partial charge in [0.05, 0.1) is 5.69 Å². The van der Waals surface area contributed by atoms with Crippen LogP contribution in [0, 0.1) is 5.92 Å². The van der Waals surface area contributed by atoms with Gasteiger partial charge in [0.15, 0.2) is 0 Å². The van der Waals surface area contributed by atoms with Gasteiger partial charge in [0.25, 0.3) is 0 Å². The van der Waals surface area contributed by atoms with Crippen LogP contribution in [0.2, 0.25) is 0 Å². The summed E-state index contributed by atoms with van der Waals surface area (Å²) in [4.78, 5) is 7.22. The Labute approximate surface area is 130 Å². The van der Waals surface area contributed by atoms with E-state index in [2.05, 4.69) is 62.0 Å². The maximum absolute atomic E-state index is 4.65. The smallest absolute Gasteiger partial charge is 0.0544 e. The molecule has 0 radical (unpaired) electrons. The Morgan fingerprint density at radius 3 is 2.67 bits per heavy atom. The fourth-order valence-corrected chi connectivity index (χ4v) is 2.87. The monoisotopic (exact) mass is 289 g/mol. The van der Waals surface area contributed by atoms with Gasteiger partial charge in [-0.1, -0.05) is 13.0 Å². The first-order valence-corrected chi connectivity index (χ1v) is 8.28. The highest BCUT2D eigenvalue weighted by molar-refractivity contribution is 5.14. The summed E-state index contributed by atoms with van der Waals surface area (Å²) in [6.07, 6.45) is 4.70. The topological polar surface area (TPSA) is 28.2 Å². The van der Waals surface area contributed by atoms with Gasteiger partial charge in [0.1, 0.15) is 0 Å². The highest BCUT2D eigenvalue weighted by atomic mass is 15.2. The summed E-state index contributed by atoms with van der Waals surface area (Å²) >= 11 is 0. The average Bonchev–Trinajstić information content (AvgIpc) is 2.42. The number of pyridine rings is 1. The molecule has 2 heterocycles. The molecule has 118 valence electrons. The molecule has 3 nitrogen and oxygen atoms in total. The predicted octanol–water partition coefficient (Wildman–Crippen LogP) is 3.59. The van der Waals surface area contributed by atoms with E-state index in [1.807, 2.05) is 6.20 Å². The zero-order valence-electron chi connectivity index (χ0n) is 14.3. The number of nitrogens with zero attached hydrogens (tertiary/aromatic N) is 2. The molecule has 0 aliphatic carbocycles. The highest BCUT2D eigenvalue weighted by Crippen LogP contribution is 2.24. The Balaban J connectivity index is 1.90. The van der Waals surface area contributed by atoms with Crippen LogP contribution in [0.5, 0.6) is 0 Å². The maximum Gasteiger partial charge on any atom is 0.0544 e. The number of rotatable bonds is 4. The zero-order chi connectivity index (χ0) is 15.5. The highest BCUT2D eigenvalue weighted by Gasteiger charge is 2.24. The van der Waals surface area contributed by atoms with Crippen LogP contribution in [0.4, 0.5) is 0 Å². The largest absolute Gasteiger partial charge is 0.308 e. The van der Waals surface area contributed by atoms with E-state index in [1.54, 1.807) is 0 Å². The molecule has 0 aromatic carbocycles. The number of likely N-dealkylation sites (tertiary alicyclic amines) is 1. The molecule has 21 heavy (non-hydrogen) atoms. The van der Waals surface area contributed by atoms with Crippen LogP contribution in [0.1, 0.15) is 58.7 Å². The van der Waals surface area contributed by atoms with Crippen molar-refractivity contribution in [1.82, 2.24) is 15.2 Å². The summed E-state index contributed by atoms with van der Waals surface area (Å²) in [5, 5.41) is 3.50. The molecule has 1 saturated heterocycles. The van der Waals surface area contributed by atoms with E-state index in [1.165, 1.54) is 30.6 Å². The minimum atomic E-state index is 0.151. The SMILES string of the molecule is CC1CCCN(Cc2ccc(CNC(C)(C)C)cn2)C1C. The van der Waals surface area contributed by atoms with Crippen LogP contribution in [0.25, 0.3) is 0 Å². The molecular formula is C18H31N3. The van der Waals surface area contributed by atoms with Crippen molar-refractivity contribution >= 4 is 0 Å². The summed E-state index contributed by atoms with van der Waals surface area (Å²) in [6, 6.07) is 5.06. The van der Waals surface area contributed by atoms with Crippen LogP contribution in [0.15, 0.2) is 18.3 Å². The molecule has 3 heteroatoms. The van der Waals surface area contributed by atoms with Crippen LogP contribution in [-0.4, -0.2) is 28.0 Å². The normalized spacial score (nSPS) is 24.2. The summed E-state index contributed by atoms with van der Waals surface area (Å²) < 4.78 is 0. The average molecular weight is 289 g/mol. The summed E-state index contributed by atoms with van der Waals surface area (Å²) in [7, 11) is 0. The van der Waals surface area contributed by atoms with Gasteiger partial charge in [-0.05, 0) is 64.6 Å². The molecule has 1 fully saturated rings. The fraction of sp³-hybridized carbons (Fsp3) is 0.722. The molecule has 1 aromatic heterocycles. The lowest BCUT2D eigenvalue weighted by Gasteiger charge is -2.37. The lowest BCUT2D eigenvalue weighted by atomic mass is 9.92. The first-order chi connectivity index (χ1) is 9.85. The third kappa shape index (κ3) is 5.08. The zero-order valence-corrected chi connectivity index (χ0v) is 14.3. The van der Waals surface area contributed by atoms with Gasteiger partial charge in [-0.15, -0.1) is 0 Å². The summed E-state index contributed by atoms with van der Waals surface area (Å²) in [5.41, 5.74) is 2.60. The minimum Gasteiger partial charge on any atom is -0.308 e. The van der Waals surface area contributed by atoms with Crippen molar-refractivity contribution in [3.63, 3.8) is 0 Å². The molecule has 2 rings (SSSR count). The first-order valence-electron chi connectivity index (χ1n) is 8.28. The van der Waals surface area contributed by atoms with E-state index in [9.17, 15) is 0 Å². The first kappa shape index (κ1) is 16.4. The van der Waals surface area contributed by atoms with E-state index in [0.717, 1.165) is 19.0 Å². The van der Waals surface area contributed by atoms with Crippen molar-refractivity contribution < 1.29 is 0 Å². The van der Waals surface area contributed by atoms with Gasteiger partial charge >= 0.3 is 0 Å². The van der Waals surface area contributed by atoms with E-state index >= 15 is 0 Å². The van der Waals surface area contributed by atoms with Crippen molar-refractivity contribution in [2.75, 3.05) is 6.54 Å². The molecule has 1 aliphatic rings. The van der Waals surface area contributed by atoms with Crippen LogP contribution in [-0.2, 0) is 13.1 Å². The second-order valence-electron chi connectivity index (χ2n) is 7.59. The number of hydrogen-bond acceptors (Lipinski definition) is 3. The molecule has 1 aromatic rings. The van der Waals surface area contributed by atoms with Crippen LogP contribution < -0.4 is 5.32 Å². The molecular weight excluding hydrogens is 258 g/mol. The third-order valence-electron chi connectivity index (χ3n) is 4.58. The van der Waals surface area contributed by atoms with Crippen LogP contribution >= 0.6 is 0 Å². The fourth-order valence-electron chi connectivity index (χ4n) is 2.87. The van der Waals surface area contributed by atoms with Crippen molar-refractivity contribution in [3.05, 3.63) is 29.6 Å². The lowest BCUT2D eigenvalue weighted by Crippen LogP contribution is -2.41. The quantitative estimate of drug-likeness (QED) is 0.918. The Morgan fingerprint density at radius 1 is 1.29 bits per heavy atom. The molecule has 2 atom stereocenters. The van der Waals surface area contributed by atoms with E-state index in [0.29, 0.717) is 6.04 Å². The Morgan fingerprint density at radius 2 is 2.05 bits per heavy atom. The standard InChI is InChI=1S/C18H31N3/c1-14-7-6-10-21(15(14)2)13-17-9-8-16(11-19-17)12-20-18(3,4)5/h8-9,11,14-15,20H,6-7,10,12-13H2,1-5H3. The van der Waals surface area contributed by atoms with Crippen molar-refractivity contribution in [2.45, 2.75) is 72.1 Å². The molecule has 0 spiro atoms. The van der Waals surface area contributed by atoms with E-state index in [4.69, 9.17) is 0 Å². The van der Waals surface area contributed by atoms with E-state index in [-0.39, 0.29) is 5.54 Å². The van der Waals surface area contributed by atoms with Gasteiger partial charge in [0.2, 0.25) is 0 Å². The lowest BCUT2D eigenvalue weighted by molar-refractivity contribution is 0.105. The minimum absolute atomic E-state index is 0.151. The van der Waals surface area contributed by atoms with Gasteiger partial charge in [0, 0.05) is 30.9 Å². The number of nitrogens with one attached hydrogen (secondary N) is 1. The van der Waals surface area contributed by atoms with E-state index < -0.39 is 0 Å². The van der Waals surface area contributed by atoms with Gasteiger partial charge in [-0.2, -0.15) is 0 Å². The third-order valence-corrected chi connectivity index (χ3v) is 4.58. The number of aromatic nitrogens is 1. The Kier molecular flexibility index (Phi) is 5.39. The van der Waals surface area contributed by atoms with Gasteiger partial charge in [-0.25, -0.2) is 0 Å². The maximum atomic E-state index is 4.65. The molecule has 0 saturated carbocycles. The van der Waals surface area contributed by atoms with Gasteiger partial charge in [-0.3, -0.25) is 9.88 Å². The van der Waals surface area contributed by atoms with Crippen molar-refractivity contribution in [1.29, 1.82) is 0 Å². The van der Waals surface area contributed by atoms with Crippen molar-refractivity contribution in [2.24, 2.45) is 5.92 Å². The number of hydrogen-bond donors (Lipinski definition) is 1. The van der Waals surface area contributed by atoms with Crippen LogP contribution in [0.3, 0.4) is 0 Å². The number of piperidine rings is 1. The Bertz CT molecular complexity index is 433. The summed E-state index contributed by atoms with van der Waals surface area (Å²) in [6.45, 7) is 14.4. The molecule has 1 N–H and O–H groups in total. The summed E-state index contributed by atoms with van der Waals surface area (Å²) in [5.74, 6) is 0.800. The second kappa shape index (κ2) is 6.89. The Hall–Kier alpha value is -0.930. The molecule has 0 amide bonds.